The lowest BCUT2D eigenvalue weighted by Crippen LogP contribution is -2.17. The Morgan fingerprint density at radius 2 is 2.30 bits per heavy atom. The molecule has 0 aromatic carbocycles. The third kappa shape index (κ3) is 7.59. The van der Waals surface area contributed by atoms with Crippen molar-refractivity contribution in [3.05, 3.63) is 0 Å². The maximum atomic E-state index is 10.4. The fourth-order valence-corrected chi connectivity index (χ4v) is 0.441. The van der Waals surface area contributed by atoms with E-state index < -0.39 is 0 Å². The molecular weight excluding hydrogens is 130 g/mol. The van der Waals surface area contributed by atoms with Gasteiger partial charge in [0.2, 0.25) is 0 Å². The minimum Gasteiger partial charge on any atom is -0.301 e. The van der Waals surface area contributed by atoms with Crippen molar-refractivity contribution in [2.24, 2.45) is 0 Å². The number of hydrogen-bond acceptors (Lipinski definition) is 3. The molecule has 3 nitrogen and oxygen atoms in total. The van der Waals surface area contributed by atoms with Gasteiger partial charge in [-0.15, -0.1) is 0 Å². The molecule has 0 unspecified atom stereocenters. The Kier molecular flexibility index (Phi) is 6.43. The molecule has 0 aliphatic carbocycles. The lowest BCUT2D eigenvalue weighted by Gasteiger charge is -2.01. The van der Waals surface area contributed by atoms with Gasteiger partial charge >= 0.3 is 0 Å². The highest BCUT2D eigenvalue weighted by Crippen LogP contribution is 1.81. The number of carbonyl (C=O) groups is 1. The average Bonchev–Trinajstić information content (AvgIpc) is 1.87. The molecule has 0 spiro atoms. The standard InChI is InChI=1S/C7H15NO2/c1-3-5-8-10-6-4-7(2)9/h8H,3-6H2,1-2H3. The Morgan fingerprint density at radius 1 is 1.60 bits per heavy atom. The quantitative estimate of drug-likeness (QED) is 0.445. The molecule has 0 aliphatic rings. The first-order valence-corrected chi connectivity index (χ1v) is 3.61. The second-order valence-corrected chi connectivity index (χ2v) is 2.19. The number of Topliss-reactive ketones (excluding diaryl/α,β-unsaturated/α-hetero) is 1. The third-order valence-electron chi connectivity index (χ3n) is 1.01. The normalized spacial score (nSPS) is 9.80. The van der Waals surface area contributed by atoms with Gasteiger partial charge in [0.1, 0.15) is 5.78 Å². The van der Waals surface area contributed by atoms with E-state index in [1.54, 1.807) is 6.92 Å². The predicted octanol–water partition coefficient (Wildman–Crippen LogP) is 0.897. The first kappa shape index (κ1) is 9.59. The summed E-state index contributed by atoms with van der Waals surface area (Å²) < 4.78 is 0. The Bertz CT molecular complexity index is 93.6. The Balaban J connectivity index is 2.84. The molecule has 3 heteroatoms. The van der Waals surface area contributed by atoms with Crippen LogP contribution in [0.4, 0.5) is 0 Å². The van der Waals surface area contributed by atoms with Gasteiger partial charge < -0.3 is 4.84 Å². The fourth-order valence-electron chi connectivity index (χ4n) is 0.441. The van der Waals surface area contributed by atoms with Crippen LogP contribution in [0.1, 0.15) is 26.7 Å². The van der Waals surface area contributed by atoms with Gasteiger partial charge in [-0.25, -0.2) is 5.48 Å². The van der Waals surface area contributed by atoms with Crippen molar-refractivity contribution in [1.29, 1.82) is 0 Å². The molecule has 1 N–H and O–H groups in total. The first-order chi connectivity index (χ1) is 4.77. The zero-order valence-electron chi connectivity index (χ0n) is 6.64. The SMILES string of the molecule is CCCNOCCC(C)=O. The highest BCUT2D eigenvalue weighted by Gasteiger charge is 1.91. The lowest BCUT2D eigenvalue weighted by atomic mass is 10.3. The molecule has 0 heterocycles. The minimum atomic E-state index is 0.165. The summed E-state index contributed by atoms with van der Waals surface area (Å²) in [5, 5.41) is 0. The van der Waals surface area contributed by atoms with Gasteiger partial charge in [-0.3, -0.25) is 4.79 Å². The molecule has 0 aromatic heterocycles. The van der Waals surface area contributed by atoms with Gasteiger partial charge in [0.05, 0.1) is 6.61 Å². The molecular formula is C7H15NO2. The van der Waals surface area contributed by atoms with Crippen molar-refractivity contribution in [3.63, 3.8) is 0 Å². The van der Waals surface area contributed by atoms with Gasteiger partial charge in [-0.1, -0.05) is 6.92 Å². The minimum absolute atomic E-state index is 0.165. The molecule has 0 fully saturated rings. The highest BCUT2D eigenvalue weighted by atomic mass is 16.6. The van der Waals surface area contributed by atoms with E-state index in [0.717, 1.165) is 13.0 Å². The zero-order valence-corrected chi connectivity index (χ0v) is 6.64. The van der Waals surface area contributed by atoms with E-state index in [1.165, 1.54) is 0 Å². The monoisotopic (exact) mass is 145 g/mol. The Hall–Kier alpha value is -0.410. The van der Waals surface area contributed by atoms with E-state index in [4.69, 9.17) is 4.84 Å². The lowest BCUT2D eigenvalue weighted by molar-refractivity contribution is -0.118. The number of hydrogen-bond donors (Lipinski definition) is 1. The van der Waals surface area contributed by atoms with Crippen LogP contribution in [0, 0.1) is 0 Å². The van der Waals surface area contributed by atoms with Gasteiger partial charge in [0, 0.05) is 13.0 Å². The van der Waals surface area contributed by atoms with Gasteiger partial charge in [0.15, 0.2) is 0 Å². The first-order valence-electron chi connectivity index (χ1n) is 3.61. The molecule has 0 radical (unpaired) electrons. The van der Waals surface area contributed by atoms with Crippen LogP contribution in [0.2, 0.25) is 0 Å². The van der Waals surface area contributed by atoms with Gasteiger partial charge in [-0.2, -0.15) is 0 Å². The second-order valence-electron chi connectivity index (χ2n) is 2.19. The van der Waals surface area contributed by atoms with Crippen LogP contribution in [0.15, 0.2) is 0 Å². The molecule has 0 aliphatic heterocycles. The molecule has 0 rings (SSSR count). The molecule has 0 atom stereocenters. The summed E-state index contributed by atoms with van der Waals surface area (Å²) in [6.45, 7) is 4.94. The summed E-state index contributed by atoms with van der Waals surface area (Å²) in [6, 6.07) is 0. The summed E-state index contributed by atoms with van der Waals surface area (Å²) in [5.74, 6) is 0.165. The summed E-state index contributed by atoms with van der Waals surface area (Å²) in [4.78, 5) is 15.3. The Labute approximate surface area is 61.7 Å². The number of rotatable bonds is 6. The molecule has 10 heavy (non-hydrogen) atoms. The second kappa shape index (κ2) is 6.71. The van der Waals surface area contributed by atoms with E-state index >= 15 is 0 Å². The number of ketones is 1. The number of carbonyl (C=O) groups excluding carboxylic acids is 1. The third-order valence-corrected chi connectivity index (χ3v) is 1.01. The van der Waals surface area contributed by atoms with Crippen molar-refractivity contribution in [3.8, 4) is 0 Å². The van der Waals surface area contributed by atoms with E-state index in [1.807, 2.05) is 0 Å². The maximum absolute atomic E-state index is 10.4. The summed E-state index contributed by atoms with van der Waals surface area (Å²) in [5.41, 5.74) is 2.74. The van der Waals surface area contributed by atoms with Crippen molar-refractivity contribution in [1.82, 2.24) is 5.48 Å². The van der Waals surface area contributed by atoms with Crippen LogP contribution in [-0.2, 0) is 9.63 Å². The smallest absolute Gasteiger partial charge is 0.132 e. The molecule has 0 saturated carbocycles. The average molecular weight is 145 g/mol. The Morgan fingerprint density at radius 3 is 2.80 bits per heavy atom. The van der Waals surface area contributed by atoms with Gasteiger partial charge in [-0.05, 0) is 13.3 Å². The van der Waals surface area contributed by atoms with Crippen LogP contribution in [0.5, 0.6) is 0 Å². The molecule has 0 amide bonds. The number of hydroxylamine groups is 1. The van der Waals surface area contributed by atoms with Crippen molar-refractivity contribution in [2.75, 3.05) is 13.2 Å². The van der Waals surface area contributed by atoms with Crippen LogP contribution in [-0.4, -0.2) is 18.9 Å². The maximum Gasteiger partial charge on any atom is 0.132 e. The van der Waals surface area contributed by atoms with Crippen LogP contribution in [0.25, 0.3) is 0 Å². The topological polar surface area (TPSA) is 38.3 Å². The zero-order chi connectivity index (χ0) is 7.82. The van der Waals surface area contributed by atoms with Crippen molar-refractivity contribution >= 4 is 5.78 Å². The summed E-state index contributed by atoms with van der Waals surface area (Å²) in [6.07, 6.45) is 1.54. The van der Waals surface area contributed by atoms with Crippen LogP contribution >= 0.6 is 0 Å². The van der Waals surface area contributed by atoms with Crippen molar-refractivity contribution in [2.45, 2.75) is 26.7 Å². The van der Waals surface area contributed by atoms with E-state index in [9.17, 15) is 4.79 Å². The largest absolute Gasteiger partial charge is 0.301 e. The van der Waals surface area contributed by atoms with Crippen LogP contribution in [0.3, 0.4) is 0 Å². The van der Waals surface area contributed by atoms with E-state index in [-0.39, 0.29) is 5.78 Å². The molecule has 60 valence electrons. The van der Waals surface area contributed by atoms with E-state index in [0.29, 0.717) is 13.0 Å². The fraction of sp³-hybridized carbons (Fsp3) is 0.857. The summed E-state index contributed by atoms with van der Waals surface area (Å²) >= 11 is 0. The predicted molar refractivity (Wildman–Crippen MR) is 39.5 cm³/mol. The van der Waals surface area contributed by atoms with Crippen molar-refractivity contribution < 1.29 is 9.63 Å². The summed E-state index contributed by atoms with van der Waals surface area (Å²) in [7, 11) is 0. The number of nitrogens with one attached hydrogen (secondary N) is 1. The molecule has 0 bridgehead atoms. The van der Waals surface area contributed by atoms with E-state index in [2.05, 4.69) is 12.4 Å². The van der Waals surface area contributed by atoms with Gasteiger partial charge in [0.25, 0.3) is 0 Å². The molecule has 0 saturated heterocycles. The highest BCUT2D eigenvalue weighted by molar-refractivity contribution is 5.75. The van der Waals surface area contributed by atoms with Crippen LogP contribution < -0.4 is 5.48 Å². The molecule has 0 aromatic rings.